The van der Waals surface area contributed by atoms with Gasteiger partial charge in [-0.1, -0.05) is 0 Å². The van der Waals surface area contributed by atoms with E-state index in [2.05, 4.69) is 25.2 Å². The monoisotopic (exact) mass is 850 g/mol. The molecule has 6 aromatic rings. The number of benzene rings is 3. The Kier molecular flexibility index (Phi) is 12.5. The summed E-state index contributed by atoms with van der Waals surface area (Å²) < 4.78 is 9.55. The van der Waals surface area contributed by atoms with E-state index in [0.29, 0.717) is 16.2 Å². The Balaban J connectivity index is 1.36. The molecule has 0 aliphatic heterocycles. The molecule has 282 valence electrons. The Morgan fingerprint density at radius 3 is 1.05 bits per heavy atom. The SMILES string of the molecule is NCCN([NH][In]([NH]N(CCN)C(=O)c1ccc2cccc(O)c2n1)[NH]N(CCN)C(=O)c1ccc2cccc(O)c2n1)C(=O)c1ccc2cccc(O)c2n1. The summed E-state index contributed by atoms with van der Waals surface area (Å²) in [5.74, 6) is -2.13. The molecular weight excluding hydrogens is 811 g/mol. The van der Waals surface area contributed by atoms with Crippen molar-refractivity contribution in [3.63, 3.8) is 0 Å². The van der Waals surface area contributed by atoms with Crippen molar-refractivity contribution in [1.29, 1.82) is 0 Å². The summed E-state index contributed by atoms with van der Waals surface area (Å²) in [6.07, 6.45) is 0. The van der Waals surface area contributed by atoms with Crippen molar-refractivity contribution in [1.82, 2.24) is 40.2 Å². The summed E-state index contributed by atoms with van der Waals surface area (Å²) in [6.45, 7) is -0.0273. The van der Waals surface area contributed by atoms with Gasteiger partial charge < -0.3 is 0 Å². The van der Waals surface area contributed by atoms with E-state index in [9.17, 15) is 29.7 Å². The van der Waals surface area contributed by atoms with Gasteiger partial charge in [0, 0.05) is 0 Å². The van der Waals surface area contributed by atoms with E-state index in [-0.39, 0.29) is 90.1 Å². The van der Waals surface area contributed by atoms with E-state index in [4.69, 9.17) is 17.2 Å². The average molecular weight is 851 g/mol. The molecule has 0 saturated heterocycles. The molecule has 0 atom stereocenters. The van der Waals surface area contributed by atoms with Crippen LogP contribution in [0.4, 0.5) is 0 Å². The number of amides is 3. The van der Waals surface area contributed by atoms with Gasteiger partial charge in [0.2, 0.25) is 0 Å². The molecule has 0 aliphatic rings. The van der Waals surface area contributed by atoms with Crippen LogP contribution in [0.25, 0.3) is 32.7 Å². The van der Waals surface area contributed by atoms with E-state index in [1.807, 2.05) is 0 Å². The summed E-state index contributed by atoms with van der Waals surface area (Å²) in [4.78, 5) is 55.4. The van der Waals surface area contributed by atoms with E-state index < -0.39 is 40.0 Å². The van der Waals surface area contributed by atoms with Gasteiger partial charge in [-0.25, -0.2) is 0 Å². The fourth-order valence-corrected chi connectivity index (χ4v) is 11.1. The van der Waals surface area contributed by atoms with Crippen molar-refractivity contribution in [2.45, 2.75) is 0 Å². The van der Waals surface area contributed by atoms with E-state index in [1.54, 1.807) is 54.6 Å². The van der Waals surface area contributed by atoms with Crippen molar-refractivity contribution in [2.75, 3.05) is 39.3 Å². The number of aromatic hydroxyl groups is 3. The van der Waals surface area contributed by atoms with Gasteiger partial charge in [0.25, 0.3) is 0 Å². The van der Waals surface area contributed by atoms with Gasteiger partial charge in [-0.3, -0.25) is 0 Å². The Bertz CT molecular complexity index is 2110. The number of nitrogens with two attached hydrogens (primary N) is 3. The van der Waals surface area contributed by atoms with Crippen LogP contribution < -0.4 is 27.4 Å². The molecule has 3 aromatic carbocycles. The number of hydrogen-bond donors (Lipinski definition) is 9. The number of carbonyl (C=O) groups is 3. The molecule has 0 bridgehead atoms. The number of carbonyl (C=O) groups excluding carboxylic acids is 3. The number of phenols is 3. The van der Waals surface area contributed by atoms with Gasteiger partial charge in [-0.2, -0.15) is 0 Å². The maximum absolute atomic E-state index is 14.0. The topological polar surface area (TPSA) is 274 Å². The van der Waals surface area contributed by atoms with Crippen LogP contribution in [0.1, 0.15) is 31.5 Å². The Labute approximate surface area is 323 Å². The van der Waals surface area contributed by atoms with Crippen molar-refractivity contribution in [3.8, 4) is 17.2 Å². The summed E-state index contributed by atoms with van der Waals surface area (Å²) in [6, 6.07) is 24.1. The van der Waals surface area contributed by atoms with Crippen LogP contribution in [0.2, 0.25) is 0 Å². The molecule has 0 radical (unpaired) electrons. The predicted octanol–water partition coefficient (Wildman–Crippen LogP) is 0.550. The van der Waals surface area contributed by atoms with E-state index in [0.717, 1.165) is 0 Å². The van der Waals surface area contributed by atoms with Crippen LogP contribution in [0, 0.1) is 0 Å². The van der Waals surface area contributed by atoms with Gasteiger partial charge in [-0.15, -0.1) is 0 Å². The maximum atomic E-state index is 14.0. The molecule has 3 amide bonds. The second kappa shape index (κ2) is 17.6. The summed E-state index contributed by atoms with van der Waals surface area (Å²) in [5.41, 5.74) is 18.5. The van der Waals surface area contributed by atoms with E-state index >= 15 is 0 Å². The number of nitrogens with one attached hydrogen (secondary N) is 3. The predicted molar refractivity (Wildman–Crippen MR) is 206 cm³/mol. The Morgan fingerprint density at radius 2 is 0.782 bits per heavy atom. The molecule has 18 nitrogen and oxygen atoms in total. The molecular formula is C36H39InN12O6. The molecule has 3 aromatic heterocycles. The average Bonchev–Trinajstić information content (AvgIpc) is 3.19. The molecule has 0 fully saturated rings. The first-order valence-corrected chi connectivity index (χ1v) is 22.2. The zero-order valence-corrected chi connectivity index (χ0v) is 32.8. The zero-order valence-electron chi connectivity index (χ0n) is 29.5. The third-order valence-corrected chi connectivity index (χ3v) is 13.3. The zero-order chi connectivity index (χ0) is 39.1. The first kappa shape index (κ1) is 39.0. The van der Waals surface area contributed by atoms with Crippen LogP contribution in [-0.2, 0) is 0 Å². The summed E-state index contributed by atoms with van der Waals surface area (Å²) in [7, 11) is 0. The fourth-order valence-electron chi connectivity index (χ4n) is 5.78. The van der Waals surface area contributed by atoms with Gasteiger partial charge in [0.15, 0.2) is 0 Å². The number of pyridine rings is 3. The molecule has 6 rings (SSSR count). The van der Waals surface area contributed by atoms with Gasteiger partial charge in [0.1, 0.15) is 0 Å². The third-order valence-electron chi connectivity index (χ3n) is 8.40. The molecule has 0 saturated carbocycles. The quantitative estimate of drug-likeness (QED) is 0.0639. The van der Waals surface area contributed by atoms with Crippen LogP contribution in [0.15, 0.2) is 91.0 Å². The van der Waals surface area contributed by atoms with Crippen LogP contribution in [0.3, 0.4) is 0 Å². The second-order valence-corrected chi connectivity index (χ2v) is 16.9. The number of hydrazine groups is 3. The first-order chi connectivity index (χ1) is 26.6. The molecule has 0 spiro atoms. The fraction of sp³-hybridized carbons (Fsp3) is 0.167. The van der Waals surface area contributed by atoms with Gasteiger partial charge in [0.05, 0.1) is 0 Å². The number of phenolic OH excluding ortho intramolecular Hbond substituents is 3. The molecule has 3 heterocycles. The van der Waals surface area contributed by atoms with Crippen molar-refractivity contribution < 1.29 is 29.7 Å². The molecule has 0 aliphatic carbocycles. The van der Waals surface area contributed by atoms with Crippen molar-refractivity contribution >= 4 is 72.7 Å². The van der Waals surface area contributed by atoms with E-state index in [1.165, 1.54) is 51.4 Å². The normalized spacial score (nSPS) is 11.2. The second-order valence-electron chi connectivity index (χ2n) is 12.2. The molecule has 19 heteroatoms. The number of nitrogens with zero attached hydrogens (tertiary/aromatic N) is 6. The Morgan fingerprint density at radius 1 is 0.491 bits per heavy atom. The molecule has 0 unspecified atom stereocenters. The van der Waals surface area contributed by atoms with Crippen LogP contribution >= 0.6 is 0 Å². The number of hydrogen-bond acceptors (Lipinski definition) is 15. The standard InChI is InChI=1S/3C12H13N4O2.In/c3*13-6-7-16(14)12(18)9-5-4-8-2-1-3-10(17)11(8)15-9;/h3*1-5,14,17H,6-7,13H2;/q3*-1;+3. The number of rotatable bonds is 15. The number of aromatic nitrogens is 3. The third kappa shape index (κ3) is 8.84. The number of fused-ring (bicyclic) bond motifs is 3. The summed E-state index contributed by atoms with van der Waals surface area (Å²) in [5, 5.41) is 36.8. The Hall–Kier alpha value is -5.67. The molecule has 12 N–H and O–H groups in total. The van der Waals surface area contributed by atoms with Crippen molar-refractivity contribution in [3.05, 3.63) is 108 Å². The van der Waals surface area contributed by atoms with Crippen LogP contribution in [-0.4, -0.2) is 125 Å². The minimum atomic E-state index is -4.23. The molecule has 55 heavy (non-hydrogen) atoms. The minimum absolute atomic E-state index is 0.00916. The van der Waals surface area contributed by atoms with Crippen LogP contribution in [0.5, 0.6) is 17.2 Å². The first-order valence-electron chi connectivity index (χ1n) is 17.2. The van der Waals surface area contributed by atoms with Gasteiger partial charge >= 0.3 is 324 Å². The number of para-hydroxylation sites is 3. The summed E-state index contributed by atoms with van der Waals surface area (Å²) >= 11 is -4.23. The van der Waals surface area contributed by atoms with Crippen molar-refractivity contribution in [2.24, 2.45) is 17.2 Å². The van der Waals surface area contributed by atoms with Gasteiger partial charge in [-0.05, 0) is 0 Å².